The second-order valence-corrected chi connectivity index (χ2v) is 2.36. The van der Waals surface area contributed by atoms with E-state index < -0.39 is 0 Å². The maximum atomic E-state index is 5.09. The van der Waals surface area contributed by atoms with Gasteiger partial charge in [-0.05, 0) is 6.66 Å². The van der Waals surface area contributed by atoms with E-state index in [1.165, 1.54) is 0 Å². The van der Waals surface area contributed by atoms with Crippen LogP contribution in [-0.2, 0) is 4.74 Å². The van der Waals surface area contributed by atoms with Gasteiger partial charge in [-0.25, -0.2) is 0 Å². The Bertz CT molecular complexity index is 75.1. The van der Waals surface area contributed by atoms with Crippen molar-refractivity contribution >= 4 is 8.58 Å². The van der Waals surface area contributed by atoms with Crippen molar-refractivity contribution in [3.05, 3.63) is 0 Å². The predicted octanol–water partition coefficient (Wildman–Crippen LogP) is 1.29. The lowest BCUT2D eigenvalue weighted by Gasteiger charge is -1.95. The summed E-state index contributed by atoms with van der Waals surface area (Å²) in [6.45, 7) is 2.83. The van der Waals surface area contributed by atoms with Gasteiger partial charge < -0.3 is 4.74 Å². The predicted molar refractivity (Wildman–Crippen MR) is 38.5 cm³/mol. The Morgan fingerprint density at radius 3 is 3.00 bits per heavy atom. The van der Waals surface area contributed by atoms with Gasteiger partial charge in [-0.2, -0.15) is 0 Å². The van der Waals surface area contributed by atoms with E-state index in [1.54, 1.807) is 0 Å². The van der Waals surface area contributed by atoms with Gasteiger partial charge in [0.15, 0.2) is 0 Å². The van der Waals surface area contributed by atoms with Crippen LogP contribution in [-0.4, -0.2) is 19.6 Å². The van der Waals surface area contributed by atoms with Crippen LogP contribution in [0.5, 0.6) is 0 Å². The van der Waals surface area contributed by atoms with E-state index in [4.69, 9.17) is 11.2 Å². The van der Waals surface area contributed by atoms with Gasteiger partial charge in [-0.15, -0.1) is 12.3 Å². The molecule has 0 spiro atoms. The highest BCUT2D eigenvalue weighted by atomic mass is 31.1. The first kappa shape index (κ1) is 7.95. The Kier molecular flexibility index (Phi) is 6.91. The lowest BCUT2D eigenvalue weighted by molar-refractivity contribution is 0.188. The van der Waals surface area contributed by atoms with Gasteiger partial charge in [0.25, 0.3) is 0 Å². The highest BCUT2D eigenvalue weighted by molar-refractivity contribution is 7.36. The van der Waals surface area contributed by atoms with Crippen molar-refractivity contribution in [2.24, 2.45) is 0 Å². The van der Waals surface area contributed by atoms with Crippen LogP contribution in [0.3, 0.4) is 0 Å². The molecule has 1 unspecified atom stereocenters. The summed E-state index contributed by atoms with van der Waals surface area (Å²) in [5.41, 5.74) is 0. The average molecular weight is 130 g/mol. The average Bonchev–Trinajstić information content (AvgIpc) is 1.81. The van der Waals surface area contributed by atoms with E-state index in [0.717, 1.165) is 28.0 Å². The summed E-state index contributed by atoms with van der Waals surface area (Å²) in [7, 11) is 0.878. The molecule has 0 fully saturated rings. The second-order valence-electron chi connectivity index (χ2n) is 1.36. The Labute approximate surface area is 52.6 Å². The van der Waals surface area contributed by atoms with Crippen LogP contribution < -0.4 is 0 Å². The van der Waals surface area contributed by atoms with Crippen LogP contribution in [0.15, 0.2) is 0 Å². The van der Waals surface area contributed by atoms with E-state index in [-0.39, 0.29) is 0 Å². The molecule has 0 bridgehead atoms. The maximum absolute atomic E-state index is 5.09. The molecule has 0 radical (unpaired) electrons. The van der Waals surface area contributed by atoms with Gasteiger partial charge in [0.1, 0.15) is 0 Å². The van der Waals surface area contributed by atoms with Crippen LogP contribution >= 0.6 is 8.58 Å². The molecule has 0 amide bonds. The smallest absolute Gasteiger partial charge is 0.0628 e. The summed E-state index contributed by atoms with van der Waals surface area (Å²) < 4.78 is 5.09. The van der Waals surface area contributed by atoms with Crippen molar-refractivity contribution in [1.29, 1.82) is 0 Å². The first-order valence-electron chi connectivity index (χ1n) is 2.57. The minimum atomic E-state index is 0.720. The summed E-state index contributed by atoms with van der Waals surface area (Å²) in [5.74, 6) is 2.50. The molecule has 1 atom stereocenters. The van der Waals surface area contributed by atoms with Gasteiger partial charge >= 0.3 is 0 Å². The quantitative estimate of drug-likeness (QED) is 0.316. The van der Waals surface area contributed by atoms with Gasteiger partial charge in [0.05, 0.1) is 13.0 Å². The molecule has 8 heavy (non-hydrogen) atoms. The van der Waals surface area contributed by atoms with Gasteiger partial charge in [-0.1, -0.05) is 8.58 Å². The lowest BCUT2D eigenvalue weighted by atomic mass is 10.5. The van der Waals surface area contributed by atoms with Crippen molar-refractivity contribution in [3.8, 4) is 12.3 Å². The minimum Gasteiger partial charge on any atom is -0.376 e. The monoisotopic (exact) mass is 130 g/mol. The molecule has 1 nitrogen and oxygen atoms in total. The molecule has 0 heterocycles. The molecule has 0 saturated carbocycles. The van der Waals surface area contributed by atoms with Crippen molar-refractivity contribution in [1.82, 2.24) is 0 Å². The Morgan fingerprint density at radius 2 is 2.50 bits per heavy atom. The third kappa shape index (κ3) is 5.95. The number of hydrogen-bond acceptors (Lipinski definition) is 1. The number of hydrogen-bond donors (Lipinski definition) is 0. The molecule has 0 saturated heterocycles. The van der Waals surface area contributed by atoms with E-state index in [9.17, 15) is 0 Å². The first-order chi connectivity index (χ1) is 3.91. The third-order valence-corrected chi connectivity index (χ3v) is 1.13. The number of rotatable bonds is 4. The van der Waals surface area contributed by atoms with E-state index in [1.807, 2.05) is 0 Å². The Balaban J connectivity index is 2.65. The molecule has 0 aromatic carbocycles. The molecule has 2 heteroatoms. The third-order valence-electron chi connectivity index (χ3n) is 0.637. The zero-order valence-corrected chi connectivity index (χ0v) is 6.11. The highest BCUT2D eigenvalue weighted by Crippen LogP contribution is 2.00. The minimum absolute atomic E-state index is 0.720. The first-order valence-corrected chi connectivity index (χ1v) is 4.28. The van der Waals surface area contributed by atoms with Crippen LogP contribution in [0.1, 0.15) is 6.42 Å². The van der Waals surface area contributed by atoms with E-state index in [2.05, 4.69) is 12.6 Å². The molecule has 46 valence electrons. The number of terminal acetylenes is 1. The summed E-state index contributed by atoms with van der Waals surface area (Å²) in [6.07, 6.45) is 6.59. The fourth-order valence-corrected chi connectivity index (χ4v) is 0.654. The molecule has 0 aliphatic heterocycles. The second kappa shape index (κ2) is 6.95. The van der Waals surface area contributed by atoms with Crippen molar-refractivity contribution in [2.45, 2.75) is 6.42 Å². The molecule has 0 N–H and O–H groups in total. The highest BCUT2D eigenvalue weighted by Gasteiger charge is 1.79. The summed E-state index contributed by atoms with van der Waals surface area (Å²) in [5, 5.41) is 0. The molecule has 0 aliphatic carbocycles. The van der Waals surface area contributed by atoms with Crippen LogP contribution in [0, 0.1) is 12.3 Å². The Hall–Kier alpha value is -0.0500. The fourth-order valence-electron chi connectivity index (χ4n) is 0.305. The van der Waals surface area contributed by atoms with Crippen LogP contribution in [0.4, 0.5) is 0 Å². The van der Waals surface area contributed by atoms with Gasteiger partial charge in [0, 0.05) is 6.42 Å². The largest absolute Gasteiger partial charge is 0.376 e. The van der Waals surface area contributed by atoms with Crippen LogP contribution in [0.25, 0.3) is 0 Å². The van der Waals surface area contributed by atoms with E-state index >= 15 is 0 Å². The standard InChI is InChI=1S/C6H11OP/c1-3-4-5-7-6-8-2/h1,8H,4-6H2,2H3. The summed E-state index contributed by atoms with van der Waals surface area (Å²) in [6, 6.07) is 0. The summed E-state index contributed by atoms with van der Waals surface area (Å²) >= 11 is 0. The molecular formula is C6H11OP. The topological polar surface area (TPSA) is 9.23 Å². The zero-order chi connectivity index (χ0) is 6.24. The molecule has 0 aromatic rings. The van der Waals surface area contributed by atoms with E-state index in [0.29, 0.717) is 0 Å². The Morgan fingerprint density at radius 1 is 1.75 bits per heavy atom. The fraction of sp³-hybridized carbons (Fsp3) is 0.667. The van der Waals surface area contributed by atoms with Crippen LogP contribution in [0.2, 0.25) is 0 Å². The normalized spacial score (nSPS) is 10.0. The van der Waals surface area contributed by atoms with Crippen molar-refractivity contribution < 1.29 is 4.74 Å². The molecular weight excluding hydrogens is 119 g/mol. The lowest BCUT2D eigenvalue weighted by Crippen LogP contribution is -1.89. The maximum Gasteiger partial charge on any atom is 0.0628 e. The summed E-state index contributed by atoms with van der Waals surface area (Å²) in [4.78, 5) is 0. The van der Waals surface area contributed by atoms with Gasteiger partial charge in [-0.3, -0.25) is 0 Å². The zero-order valence-electron chi connectivity index (χ0n) is 5.11. The van der Waals surface area contributed by atoms with Crippen molar-refractivity contribution in [3.63, 3.8) is 0 Å². The molecule has 0 rings (SSSR count). The van der Waals surface area contributed by atoms with Crippen molar-refractivity contribution in [2.75, 3.05) is 19.6 Å². The molecule has 0 aromatic heterocycles. The molecule has 0 aliphatic rings. The van der Waals surface area contributed by atoms with Gasteiger partial charge in [0.2, 0.25) is 0 Å². The number of ether oxygens (including phenoxy) is 1. The SMILES string of the molecule is C#CCCOCPC.